The van der Waals surface area contributed by atoms with Gasteiger partial charge in [0.1, 0.15) is 0 Å². The quantitative estimate of drug-likeness (QED) is 0.861. The molecule has 1 amide bonds. The van der Waals surface area contributed by atoms with Gasteiger partial charge in [-0.25, -0.2) is 4.98 Å². The molecule has 1 aliphatic carbocycles. The van der Waals surface area contributed by atoms with Crippen molar-refractivity contribution in [2.24, 2.45) is 5.92 Å². The molecule has 1 aromatic heterocycles. The van der Waals surface area contributed by atoms with E-state index in [1.54, 1.807) is 23.2 Å². The SMILES string of the molecule is CCN(C(C)=O)c1nc(CNC(C)C2CC2)cs1. The number of nitrogens with zero attached hydrogens (tertiary/aromatic N) is 2. The van der Waals surface area contributed by atoms with Gasteiger partial charge in [0.2, 0.25) is 5.91 Å². The largest absolute Gasteiger partial charge is 0.308 e. The summed E-state index contributed by atoms with van der Waals surface area (Å²) in [6.07, 6.45) is 2.70. The molecule has 4 nitrogen and oxygen atoms in total. The van der Waals surface area contributed by atoms with Crippen molar-refractivity contribution in [3.05, 3.63) is 11.1 Å². The molecule has 1 atom stereocenters. The number of hydrogen-bond donors (Lipinski definition) is 1. The Balaban J connectivity index is 1.90. The Labute approximate surface area is 112 Å². The van der Waals surface area contributed by atoms with Crippen LogP contribution < -0.4 is 10.2 Å². The highest BCUT2D eigenvalue weighted by molar-refractivity contribution is 7.14. The van der Waals surface area contributed by atoms with Crippen molar-refractivity contribution in [1.29, 1.82) is 0 Å². The third kappa shape index (κ3) is 3.29. The average molecular weight is 267 g/mol. The minimum Gasteiger partial charge on any atom is -0.308 e. The maximum absolute atomic E-state index is 11.4. The van der Waals surface area contributed by atoms with Crippen molar-refractivity contribution >= 4 is 22.4 Å². The third-order valence-corrected chi connectivity index (χ3v) is 4.31. The van der Waals surface area contributed by atoms with Crippen LogP contribution in [0.3, 0.4) is 0 Å². The molecule has 18 heavy (non-hydrogen) atoms. The van der Waals surface area contributed by atoms with E-state index >= 15 is 0 Å². The third-order valence-electron chi connectivity index (χ3n) is 3.40. The van der Waals surface area contributed by atoms with Crippen molar-refractivity contribution in [2.75, 3.05) is 11.4 Å². The maximum atomic E-state index is 11.4. The van der Waals surface area contributed by atoms with Gasteiger partial charge in [-0.15, -0.1) is 11.3 Å². The first-order valence-electron chi connectivity index (χ1n) is 6.57. The molecule has 0 radical (unpaired) electrons. The molecule has 5 heteroatoms. The van der Waals surface area contributed by atoms with E-state index in [9.17, 15) is 4.79 Å². The Morgan fingerprint density at radius 1 is 1.67 bits per heavy atom. The van der Waals surface area contributed by atoms with Gasteiger partial charge in [0.15, 0.2) is 5.13 Å². The lowest BCUT2D eigenvalue weighted by Gasteiger charge is -2.14. The van der Waals surface area contributed by atoms with Crippen LogP contribution in [-0.2, 0) is 11.3 Å². The fourth-order valence-corrected chi connectivity index (χ4v) is 2.95. The van der Waals surface area contributed by atoms with E-state index < -0.39 is 0 Å². The van der Waals surface area contributed by atoms with Crippen LogP contribution >= 0.6 is 11.3 Å². The number of hydrogen-bond acceptors (Lipinski definition) is 4. The number of rotatable bonds is 6. The fourth-order valence-electron chi connectivity index (χ4n) is 2.02. The number of aromatic nitrogens is 1. The van der Waals surface area contributed by atoms with Crippen molar-refractivity contribution in [1.82, 2.24) is 10.3 Å². The average Bonchev–Trinajstić information content (AvgIpc) is 3.08. The van der Waals surface area contributed by atoms with E-state index in [0.29, 0.717) is 12.6 Å². The first kappa shape index (κ1) is 13.5. The van der Waals surface area contributed by atoms with Crippen molar-refractivity contribution in [3.8, 4) is 0 Å². The van der Waals surface area contributed by atoms with Gasteiger partial charge in [0.25, 0.3) is 0 Å². The van der Waals surface area contributed by atoms with Crippen LogP contribution in [0.2, 0.25) is 0 Å². The van der Waals surface area contributed by atoms with Gasteiger partial charge in [-0.05, 0) is 32.6 Å². The predicted octanol–water partition coefficient (Wildman–Crippen LogP) is 2.40. The Bertz CT molecular complexity index is 414. The topological polar surface area (TPSA) is 45.2 Å². The molecule has 0 saturated heterocycles. The number of amides is 1. The van der Waals surface area contributed by atoms with Crippen LogP contribution in [-0.4, -0.2) is 23.5 Å². The highest BCUT2D eigenvalue weighted by atomic mass is 32.1. The number of anilines is 1. The molecular formula is C13H21N3OS. The fraction of sp³-hybridized carbons (Fsp3) is 0.692. The highest BCUT2D eigenvalue weighted by Crippen LogP contribution is 2.32. The Kier molecular flexibility index (Phi) is 4.35. The van der Waals surface area contributed by atoms with Crippen LogP contribution in [0.5, 0.6) is 0 Å². The first-order valence-corrected chi connectivity index (χ1v) is 7.45. The number of thiazole rings is 1. The molecular weight excluding hydrogens is 246 g/mol. The standard InChI is InChI=1S/C13H21N3OS/c1-4-16(10(3)17)13-15-12(8-18-13)7-14-9(2)11-5-6-11/h8-9,11,14H,4-7H2,1-3H3. The van der Waals surface area contributed by atoms with Crippen LogP contribution in [0.1, 0.15) is 39.3 Å². The summed E-state index contributed by atoms with van der Waals surface area (Å²) in [7, 11) is 0. The van der Waals surface area contributed by atoms with Crippen molar-refractivity contribution < 1.29 is 4.79 Å². The lowest BCUT2D eigenvalue weighted by Crippen LogP contribution is -2.28. The van der Waals surface area contributed by atoms with E-state index in [1.165, 1.54) is 12.8 Å². The normalized spacial score (nSPS) is 16.6. The van der Waals surface area contributed by atoms with Crippen LogP contribution in [0.25, 0.3) is 0 Å². The van der Waals surface area contributed by atoms with Crippen LogP contribution in [0.4, 0.5) is 5.13 Å². The molecule has 100 valence electrons. The summed E-state index contributed by atoms with van der Waals surface area (Å²) < 4.78 is 0. The molecule has 1 heterocycles. The van der Waals surface area contributed by atoms with E-state index in [2.05, 4.69) is 17.2 Å². The molecule has 1 aliphatic rings. The molecule has 0 aromatic carbocycles. The second kappa shape index (κ2) is 5.80. The van der Waals surface area contributed by atoms with E-state index in [1.807, 2.05) is 12.3 Å². The minimum absolute atomic E-state index is 0.0534. The molecule has 1 saturated carbocycles. The first-order chi connectivity index (χ1) is 8.61. The van der Waals surface area contributed by atoms with Crippen molar-refractivity contribution in [2.45, 2.75) is 46.2 Å². The number of carbonyl (C=O) groups is 1. The zero-order valence-corrected chi connectivity index (χ0v) is 12.1. The summed E-state index contributed by atoms with van der Waals surface area (Å²) >= 11 is 1.54. The summed E-state index contributed by atoms with van der Waals surface area (Å²) in [5.41, 5.74) is 1.03. The van der Waals surface area contributed by atoms with E-state index in [0.717, 1.165) is 23.3 Å². The van der Waals surface area contributed by atoms with E-state index in [4.69, 9.17) is 0 Å². The Morgan fingerprint density at radius 3 is 2.94 bits per heavy atom. The zero-order valence-electron chi connectivity index (χ0n) is 11.3. The highest BCUT2D eigenvalue weighted by Gasteiger charge is 2.27. The molecule has 0 aliphatic heterocycles. The summed E-state index contributed by atoms with van der Waals surface area (Å²) in [5, 5.41) is 6.34. The Hall–Kier alpha value is -0.940. The number of carbonyl (C=O) groups excluding carboxylic acids is 1. The van der Waals surface area contributed by atoms with Crippen molar-refractivity contribution in [3.63, 3.8) is 0 Å². The van der Waals surface area contributed by atoms with Crippen LogP contribution in [0.15, 0.2) is 5.38 Å². The van der Waals surface area contributed by atoms with E-state index in [-0.39, 0.29) is 5.91 Å². The van der Waals surface area contributed by atoms with Crippen LogP contribution in [0, 0.1) is 5.92 Å². The lowest BCUT2D eigenvalue weighted by molar-refractivity contribution is -0.116. The summed E-state index contributed by atoms with van der Waals surface area (Å²) in [6, 6.07) is 0.574. The lowest BCUT2D eigenvalue weighted by atomic mass is 10.2. The van der Waals surface area contributed by atoms with Gasteiger partial charge in [0, 0.05) is 31.4 Å². The van der Waals surface area contributed by atoms with Gasteiger partial charge in [-0.3, -0.25) is 9.69 Å². The summed E-state index contributed by atoms with van der Waals surface area (Å²) in [5.74, 6) is 0.908. The van der Waals surface area contributed by atoms with Gasteiger partial charge >= 0.3 is 0 Å². The molecule has 1 aromatic rings. The second-order valence-electron chi connectivity index (χ2n) is 4.89. The van der Waals surface area contributed by atoms with Gasteiger partial charge < -0.3 is 5.32 Å². The summed E-state index contributed by atoms with van der Waals surface area (Å²) in [4.78, 5) is 17.6. The Morgan fingerprint density at radius 2 is 2.39 bits per heavy atom. The molecule has 2 rings (SSSR count). The van der Waals surface area contributed by atoms with Gasteiger partial charge in [-0.2, -0.15) is 0 Å². The molecule has 1 fully saturated rings. The minimum atomic E-state index is 0.0534. The number of nitrogens with one attached hydrogen (secondary N) is 1. The van der Waals surface area contributed by atoms with Gasteiger partial charge in [-0.1, -0.05) is 0 Å². The summed E-state index contributed by atoms with van der Waals surface area (Å²) in [6.45, 7) is 7.25. The monoisotopic (exact) mass is 267 g/mol. The molecule has 0 bridgehead atoms. The van der Waals surface area contributed by atoms with Gasteiger partial charge in [0.05, 0.1) is 5.69 Å². The molecule has 1 N–H and O–H groups in total. The molecule has 0 spiro atoms. The molecule has 1 unspecified atom stereocenters. The maximum Gasteiger partial charge on any atom is 0.225 e. The second-order valence-corrected chi connectivity index (χ2v) is 5.73. The zero-order chi connectivity index (χ0) is 13.1. The predicted molar refractivity (Wildman–Crippen MR) is 74.8 cm³/mol. The smallest absolute Gasteiger partial charge is 0.225 e.